The fraction of sp³-hybridized carbons (Fsp3) is 0.500. The van der Waals surface area contributed by atoms with E-state index in [0.29, 0.717) is 58.1 Å². The zero-order valence-corrected chi connectivity index (χ0v) is 26.8. The van der Waals surface area contributed by atoms with Crippen molar-refractivity contribution < 1.29 is 23.4 Å². The molecule has 3 aromatic heterocycles. The van der Waals surface area contributed by atoms with Crippen LogP contribution < -0.4 is 16.0 Å². The highest BCUT2D eigenvalue weighted by Gasteiger charge is 2.36. The predicted molar refractivity (Wildman–Crippen MR) is 167 cm³/mol. The van der Waals surface area contributed by atoms with Gasteiger partial charge in [0.2, 0.25) is 0 Å². The van der Waals surface area contributed by atoms with E-state index in [9.17, 15) is 18.8 Å². The molecule has 0 radical (unpaired) electrons. The molecule has 10 nitrogen and oxygen atoms in total. The number of ether oxygens (including phenoxy) is 3. The third-order valence-corrected chi connectivity index (χ3v) is 9.45. The van der Waals surface area contributed by atoms with Gasteiger partial charge in [0.15, 0.2) is 5.78 Å². The monoisotopic (exact) mass is 626 g/mol. The second-order valence-corrected chi connectivity index (χ2v) is 13.1. The third-order valence-electron chi connectivity index (χ3n) is 8.15. The van der Waals surface area contributed by atoms with Gasteiger partial charge in [0.25, 0.3) is 5.56 Å². The molecule has 1 aliphatic heterocycles. The number of hydrogen-bond acceptors (Lipinski definition) is 8. The number of rotatable bonds is 11. The molecule has 5 rings (SSSR count). The Balaban J connectivity index is 1.77. The highest BCUT2D eigenvalue weighted by Crippen LogP contribution is 2.36. The van der Waals surface area contributed by atoms with Crippen LogP contribution in [0.4, 0.5) is 4.39 Å². The number of Topliss-reactive ketones (excluding diaryl/α,β-unsaturated/α-hetero) is 1. The minimum Gasteiger partial charge on any atom is -0.496 e. The van der Waals surface area contributed by atoms with Crippen LogP contribution >= 0.6 is 11.3 Å². The van der Waals surface area contributed by atoms with E-state index in [4.69, 9.17) is 14.2 Å². The van der Waals surface area contributed by atoms with Crippen LogP contribution in [-0.4, -0.2) is 51.1 Å². The lowest BCUT2D eigenvalue weighted by Gasteiger charge is -2.30. The Hall–Kier alpha value is -3.61. The summed E-state index contributed by atoms with van der Waals surface area (Å²) in [6.45, 7) is 9.86. The Morgan fingerprint density at radius 1 is 1.23 bits per heavy atom. The van der Waals surface area contributed by atoms with E-state index in [1.165, 1.54) is 41.2 Å². The van der Waals surface area contributed by atoms with Crippen LogP contribution in [0.2, 0.25) is 0 Å². The molecule has 1 fully saturated rings. The third kappa shape index (κ3) is 6.02. The van der Waals surface area contributed by atoms with Gasteiger partial charge in [0.1, 0.15) is 33.0 Å². The summed E-state index contributed by atoms with van der Waals surface area (Å²) in [5.41, 5.74) is -1.54. The lowest BCUT2D eigenvalue weighted by atomic mass is 9.91. The summed E-state index contributed by atoms with van der Waals surface area (Å²) in [6, 6.07) is 5.96. The average molecular weight is 627 g/mol. The summed E-state index contributed by atoms with van der Waals surface area (Å²) in [6.07, 6.45) is 3.86. The molecule has 0 N–H and O–H groups in total. The number of aryl methyl sites for hydroxylation is 1. The van der Waals surface area contributed by atoms with Crippen molar-refractivity contribution in [2.75, 3.05) is 20.3 Å². The van der Waals surface area contributed by atoms with Gasteiger partial charge in [-0.2, -0.15) is 5.10 Å². The normalized spacial score (nSPS) is 15.3. The number of benzene rings is 1. The molecule has 44 heavy (non-hydrogen) atoms. The molecule has 4 heterocycles. The van der Waals surface area contributed by atoms with Crippen molar-refractivity contribution >= 4 is 27.3 Å². The van der Waals surface area contributed by atoms with E-state index in [1.807, 2.05) is 20.8 Å². The van der Waals surface area contributed by atoms with Crippen LogP contribution in [0.15, 0.2) is 46.2 Å². The average Bonchev–Trinajstić information content (AvgIpc) is 3.63. The van der Waals surface area contributed by atoms with Crippen molar-refractivity contribution in [3.8, 4) is 10.8 Å². The maximum Gasteiger partial charge on any atom is 0.333 e. The first-order valence-corrected chi connectivity index (χ1v) is 15.6. The molecule has 236 valence electrons. The highest BCUT2D eigenvalue weighted by atomic mass is 32.1. The van der Waals surface area contributed by atoms with Crippen LogP contribution in [0.5, 0.6) is 5.75 Å². The molecule has 1 atom stereocenters. The standard InChI is InChI=1S/C32H39FN4O6S/c1-19(2)16-26(38)32(4,5)37-28(39)27-20(3)29(36-13-7-12-34-36)44-30(27)35(31(37)40)18-25(43-22-10-14-42-15-11-22)23-17-21(33)8-9-24(23)41-6/h7-9,12-13,17,19,22,25H,10-11,14-16,18H2,1-6H3/t25-/m0/s1. The molecule has 1 aromatic carbocycles. The second kappa shape index (κ2) is 12.8. The van der Waals surface area contributed by atoms with E-state index in [0.717, 1.165) is 4.57 Å². The number of carbonyl (C=O) groups is 1. The molecule has 0 amide bonds. The Labute approximate surface area is 259 Å². The van der Waals surface area contributed by atoms with Gasteiger partial charge in [-0.1, -0.05) is 25.2 Å². The number of nitrogens with zero attached hydrogens (tertiary/aromatic N) is 4. The molecule has 0 spiro atoms. The molecular weight excluding hydrogens is 587 g/mol. The van der Waals surface area contributed by atoms with Crippen LogP contribution in [0, 0.1) is 18.7 Å². The summed E-state index contributed by atoms with van der Waals surface area (Å²) < 4.78 is 36.6. The summed E-state index contributed by atoms with van der Waals surface area (Å²) in [5.74, 6) is -0.250. The highest BCUT2D eigenvalue weighted by molar-refractivity contribution is 7.21. The van der Waals surface area contributed by atoms with Crippen LogP contribution in [-0.2, 0) is 26.4 Å². The maximum atomic E-state index is 14.7. The van der Waals surface area contributed by atoms with Gasteiger partial charge in [0, 0.05) is 43.2 Å². The van der Waals surface area contributed by atoms with Crippen LogP contribution in [0.1, 0.15) is 64.2 Å². The quantitative estimate of drug-likeness (QED) is 0.227. The SMILES string of the molecule is COc1ccc(F)cc1[C@H](Cn1c(=O)n(C(C)(C)C(=O)CC(C)C)c(=O)c2c(C)c(-n3cccn3)sc21)OC1CCOCC1. The lowest BCUT2D eigenvalue weighted by molar-refractivity contribution is -0.127. The number of hydrogen-bond donors (Lipinski definition) is 0. The topological polar surface area (TPSA) is 107 Å². The molecule has 0 unspecified atom stereocenters. The number of aromatic nitrogens is 4. The van der Waals surface area contributed by atoms with Crippen molar-refractivity contribution in [2.45, 2.75) is 78.2 Å². The zero-order chi connectivity index (χ0) is 31.8. The molecular formula is C32H39FN4O6S. The fourth-order valence-electron chi connectivity index (χ4n) is 5.72. The minimum absolute atomic E-state index is 0.0374. The van der Waals surface area contributed by atoms with Crippen molar-refractivity contribution in [1.29, 1.82) is 0 Å². The summed E-state index contributed by atoms with van der Waals surface area (Å²) in [4.78, 5) is 42.7. The summed E-state index contributed by atoms with van der Waals surface area (Å²) in [7, 11) is 1.49. The maximum absolute atomic E-state index is 14.7. The number of ketones is 1. The second-order valence-electron chi connectivity index (χ2n) is 12.1. The summed E-state index contributed by atoms with van der Waals surface area (Å²) >= 11 is 1.26. The summed E-state index contributed by atoms with van der Waals surface area (Å²) in [5, 5.41) is 5.35. The van der Waals surface area contributed by atoms with Crippen LogP contribution in [0.3, 0.4) is 0 Å². The van der Waals surface area contributed by atoms with Gasteiger partial charge in [-0.3, -0.25) is 14.2 Å². The van der Waals surface area contributed by atoms with Crippen molar-refractivity contribution in [1.82, 2.24) is 18.9 Å². The lowest BCUT2D eigenvalue weighted by Crippen LogP contribution is -2.53. The predicted octanol–water partition coefficient (Wildman–Crippen LogP) is 5.15. The van der Waals surface area contributed by atoms with Crippen molar-refractivity contribution in [3.63, 3.8) is 0 Å². The number of halogens is 1. The van der Waals surface area contributed by atoms with Gasteiger partial charge in [-0.15, -0.1) is 0 Å². The van der Waals surface area contributed by atoms with Gasteiger partial charge < -0.3 is 14.2 Å². The first-order valence-electron chi connectivity index (χ1n) is 14.8. The minimum atomic E-state index is -1.43. The van der Waals surface area contributed by atoms with Gasteiger partial charge >= 0.3 is 5.69 Å². The molecule has 1 aliphatic rings. The molecule has 0 aliphatic carbocycles. The number of thiophene rings is 1. The molecule has 0 saturated carbocycles. The van der Waals surface area contributed by atoms with E-state index < -0.39 is 28.7 Å². The number of carbonyl (C=O) groups excluding carboxylic acids is 1. The Kier molecular flexibility index (Phi) is 9.24. The van der Waals surface area contributed by atoms with E-state index in [-0.39, 0.29) is 30.8 Å². The molecule has 12 heteroatoms. The van der Waals surface area contributed by atoms with Gasteiger partial charge in [-0.05, 0) is 63.8 Å². The van der Waals surface area contributed by atoms with E-state index in [1.54, 1.807) is 37.0 Å². The van der Waals surface area contributed by atoms with Crippen molar-refractivity contribution in [3.05, 3.63) is 74.4 Å². The first-order chi connectivity index (χ1) is 20.9. The van der Waals surface area contributed by atoms with E-state index in [2.05, 4.69) is 5.10 Å². The van der Waals surface area contributed by atoms with Crippen LogP contribution in [0.25, 0.3) is 15.2 Å². The van der Waals surface area contributed by atoms with Gasteiger partial charge in [0.05, 0.1) is 25.1 Å². The largest absolute Gasteiger partial charge is 0.496 e. The smallest absolute Gasteiger partial charge is 0.333 e. The Morgan fingerprint density at radius 2 is 1.95 bits per heavy atom. The Bertz CT molecular complexity index is 1770. The molecule has 4 aromatic rings. The van der Waals surface area contributed by atoms with Crippen molar-refractivity contribution in [2.24, 2.45) is 5.92 Å². The number of fused-ring (bicyclic) bond motifs is 1. The fourth-order valence-corrected chi connectivity index (χ4v) is 6.97. The van der Waals surface area contributed by atoms with E-state index >= 15 is 0 Å². The number of methoxy groups -OCH3 is 1. The molecule has 1 saturated heterocycles. The zero-order valence-electron chi connectivity index (χ0n) is 26.0. The molecule has 0 bridgehead atoms. The Morgan fingerprint density at radius 3 is 2.59 bits per heavy atom. The first kappa shape index (κ1) is 31.8. The van der Waals surface area contributed by atoms with Gasteiger partial charge in [-0.25, -0.2) is 18.4 Å².